The molecule has 0 radical (unpaired) electrons. The maximum atomic E-state index is 11.5. The number of carbonyl (C=O) groups is 1. The molecule has 4 heteroatoms. The molecule has 4 nitrogen and oxygen atoms in total. The summed E-state index contributed by atoms with van der Waals surface area (Å²) in [6.07, 6.45) is 2.63. The Morgan fingerprint density at radius 3 is 2.79 bits per heavy atom. The SMILES string of the molecule is O=C1CCCN(Cc2ccc3c(c2)OCCCO3)C1. The molecular weight excluding hydrogens is 242 g/mol. The number of ketones is 1. The van der Waals surface area contributed by atoms with E-state index in [0.717, 1.165) is 43.9 Å². The molecule has 3 rings (SSSR count). The number of benzene rings is 1. The van der Waals surface area contributed by atoms with Crippen LogP contribution in [-0.2, 0) is 11.3 Å². The number of carbonyl (C=O) groups excluding carboxylic acids is 1. The lowest BCUT2D eigenvalue weighted by Crippen LogP contribution is -2.34. The van der Waals surface area contributed by atoms with Crippen molar-refractivity contribution in [1.82, 2.24) is 4.90 Å². The fraction of sp³-hybridized carbons (Fsp3) is 0.533. The minimum atomic E-state index is 0.348. The first-order valence-electron chi connectivity index (χ1n) is 6.94. The summed E-state index contributed by atoms with van der Waals surface area (Å²) in [7, 11) is 0. The van der Waals surface area contributed by atoms with Gasteiger partial charge in [0.15, 0.2) is 11.5 Å². The summed E-state index contributed by atoms with van der Waals surface area (Å²) in [6, 6.07) is 6.08. The highest BCUT2D eigenvalue weighted by molar-refractivity contribution is 5.81. The molecule has 0 amide bonds. The third-order valence-electron chi connectivity index (χ3n) is 3.55. The number of hydrogen-bond acceptors (Lipinski definition) is 4. The molecule has 1 aromatic carbocycles. The van der Waals surface area contributed by atoms with E-state index in [9.17, 15) is 4.79 Å². The molecule has 2 aliphatic rings. The minimum Gasteiger partial charge on any atom is -0.490 e. The zero-order chi connectivity index (χ0) is 13.1. The Hall–Kier alpha value is -1.55. The monoisotopic (exact) mass is 261 g/mol. The lowest BCUT2D eigenvalue weighted by Gasteiger charge is -2.25. The van der Waals surface area contributed by atoms with Gasteiger partial charge in [0.1, 0.15) is 5.78 Å². The van der Waals surface area contributed by atoms with E-state index in [4.69, 9.17) is 9.47 Å². The summed E-state index contributed by atoms with van der Waals surface area (Å²) in [5, 5.41) is 0. The lowest BCUT2D eigenvalue weighted by atomic mass is 10.1. The number of piperidine rings is 1. The van der Waals surface area contributed by atoms with Crippen LogP contribution in [0.3, 0.4) is 0 Å². The zero-order valence-corrected chi connectivity index (χ0v) is 11.1. The molecule has 0 spiro atoms. The zero-order valence-electron chi connectivity index (χ0n) is 11.1. The highest BCUT2D eigenvalue weighted by Gasteiger charge is 2.18. The summed E-state index contributed by atoms with van der Waals surface area (Å²) >= 11 is 0. The Balaban J connectivity index is 1.71. The van der Waals surface area contributed by atoms with Gasteiger partial charge in [0.2, 0.25) is 0 Å². The van der Waals surface area contributed by atoms with Crippen LogP contribution in [0.2, 0.25) is 0 Å². The van der Waals surface area contributed by atoms with E-state index in [1.54, 1.807) is 0 Å². The van der Waals surface area contributed by atoms with Gasteiger partial charge in [-0.15, -0.1) is 0 Å². The first-order chi connectivity index (χ1) is 9.31. The molecule has 102 valence electrons. The van der Waals surface area contributed by atoms with Gasteiger partial charge in [-0.1, -0.05) is 6.07 Å². The molecular formula is C15H19NO3. The maximum absolute atomic E-state index is 11.5. The summed E-state index contributed by atoms with van der Waals surface area (Å²) in [5.74, 6) is 2.01. The van der Waals surface area contributed by atoms with Crippen LogP contribution in [0.25, 0.3) is 0 Å². The van der Waals surface area contributed by atoms with E-state index in [1.165, 1.54) is 5.56 Å². The van der Waals surface area contributed by atoms with E-state index >= 15 is 0 Å². The summed E-state index contributed by atoms with van der Waals surface area (Å²) in [4.78, 5) is 13.7. The average molecular weight is 261 g/mol. The number of Topliss-reactive ketones (excluding diaryl/α,β-unsaturated/α-hetero) is 1. The van der Waals surface area contributed by atoms with Crippen LogP contribution in [0.15, 0.2) is 18.2 Å². The highest BCUT2D eigenvalue weighted by atomic mass is 16.5. The first kappa shape index (κ1) is 12.5. The van der Waals surface area contributed by atoms with Crippen LogP contribution in [0, 0.1) is 0 Å². The fourth-order valence-electron chi connectivity index (χ4n) is 2.61. The van der Waals surface area contributed by atoms with Gasteiger partial charge in [0.05, 0.1) is 19.8 Å². The van der Waals surface area contributed by atoms with Gasteiger partial charge in [-0.25, -0.2) is 0 Å². The topological polar surface area (TPSA) is 38.8 Å². The number of hydrogen-bond donors (Lipinski definition) is 0. The minimum absolute atomic E-state index is 0.348. The lowest BCUT2D eigenvalue weighted by molar-refractivity contribution is -0.122. The quantitative estimate of drug-likeness (QED) is 0.816. The van der Waals surface area contributed by atoms with E-state index in [2.05, 4.69) is 11.0 Å². The summed E-state index contributed by atoms with van der Waals surface area (Å²) < 4.78 is 11.3. The number of ether oxygens (including phenoxy) is 2. The molecule has 0 aliphatic carbocycles. The fourth-order valence-corrected chi connectivity index (χ4v) is 2.61. The number of likely N-dealkylation sites (tertiary alicyclic amines) is 1. The van der Waals surface area contributed by atoms with E-state index in [-0.39, 0.29) is 0 Å². The molecule has 2 heterocycles. The number of nitrogens with zero attached hydrogens (tertiary/aromatic N) is 1. The molecule has 1 saturated heterocycles. The third-order valence-corrected chi connectivity index (χ3v) is 3.55. The van der Waals surface area contributed by atoms with Crippen LogP contribution in [0.5, 0.6) is 11.5 Å². The molecule has 0 bridgehead atoms. The Morgan fingerprint density at radius 1 is 1.11 bits per heavy atom. The molecule has 0 aromatic heterocycles. The predicted octanol–water partition coefficient (Wildman–Crippen LogP) is 2.01. The second-order valence-electron chi connectivity index (χ2n) is 5.18. The van der Waals surface area contributed by atoms with Gasteiger partial charge < -0.3 is 9.47 Å². The van der Waals surface area contributed by atoms with Crippen molar-refractivity contribution in [2.45, 2.75) is 25.8 Å². The molecule has 19 heavy (non-hydrogen) atoms. The summed E-state index contributed by atoms with van der Waals surface area (Å²) in [5.41, 5.74) is 1.18. The van der Waals surface area contributed by atoms with E-state index in [1.807, 2.05) is 12.1 Å². The Kier molecular flexibility index (Phi) is 3.69. The van der Waals surface area contributed by atoms with Crippen molar-refractivity contribution < 1.29 is 14.3 Å². The van der Waals surface area contributed by atoms with Crippen molar-refractivity contribution in [3.8, 4) is 11.5 Å². The average Bonchev–Trinajstić information content (AvgIpc) is 2.63. The van der Waals surface area contributed by atoms with Gasteiger partial charge in [-0.2, -0.15) is 0 Å². The van der Waals surface area contributed by atoms with Gasteiger partial charge in [0.25, 0.3) is 0 Å². The second kappa shape index (κ2) is 5.61. The second-order valence-corrected chi connectivity index (χ2v) is 5.18. The standard InChI is InChI=1S/C15H19NO3/c17-13-3-1-6-16(11-13)10-12-4-5-14-15(9-12)19-8-2-7-18-14/h4-5,9H,1-3,6-8,10-11H2. The molecule has 0 saturated carbocycles. The molecule has 0 atom stereocenters. The normalized spacial score (nSPS) is 20.1. The van der Waals surface area contributed by atoms with E-state index < -0.39 is 0 Å². The molecule has 1 aromatic rings. The maximum Gasteiger partial charge on any atom is 0.161 e. The van der Waals surface area contributed by atoms with Gasteiger partial charge >= 0.3 is 0 Å². The molecule has 2 aliphatic heterocycles. The smallest absolute Gasteiger partial charge is 0.161 e. The third kappa shape index (κ3) is 3.07. The van der Waals surface area contributed by atoms with Gasteiger partial charge in [0, 0.05) is 19.4 Å². The van der Waals surface area contributed by atoms with Crippen molar-refractivity contribution in [2.24, 2.45) is 0 Å². The van der Waals surface area contributed by atoms with Gasteiger partial charge in [-0.3, -0.25) is 9.69 Å². The van der Waals surface area contributed by atoms with Crippen molar-refractivity contribution in [3.05, 3.63) is 23.8 Å². The Bertz CT molecular complexity index is 472. The van der Waals surface area contributed by atoms with Crippen LogP contribution < -0.4 is 9.47 Å². The van der Waals surface area contributed by atoms with Crippen molar-refractivity contribution >= 4 is 5.78 Å². The first-order valence-corrected chi connectivity index (χ1v) is 6.94. The van der Waals surface area contributed by atoms with Gasteiger partial charge in [-0.05, 0) is 30.7 Å². The Morgan fingerprint density at radius 2 is 1.95 bits per heavy atom. The molecule has 0 N–H and O–H groups in total. The number of rotatable bonds is 2. The number of fused-ring (bicyclic) bond motifs is 1. The highest BCUT2D eigenvalue weighted by Crippen LogP contribution is 2.30. The summed E-state index contributed by atoms with van der Waals surface area (Å²) in [6.45, 7) is 3.81. The molecule has 0 unspecified atom stereocenters. The largest absolute Gasteiger partial charge is 0.490 e. The van der Waals surface area contributed by atoms with Crippen molar-refractivity contribution in [3.63, 3.8) is 0 Å². The van der Waals surface area contributed by atoms with Crippen LogP contribution >= 0.6 is 0 Å². The van der Waals surface area contributed by atoms with Crippen LogP contribution in [-0.4, -0.2) is 37.0 Å². The van der Waals surface area contributed by atoms with Crippen LogP contribution in [0.4, 0.5) is 0 Å². The molecule has 1 fully saturated rings. The van der Waals surface area contributed by atoms with Crippen molar-refractivity contribution in [1.29, 1.82) is 0 Å². The van der Waals surface area contributed by atoms with Crippen LogP contribution in [0.1, 0.15) is 24.8 Å². The van der Waals surface area contributed by atoms with E-state index in [0.29, 0.717) is 25.5 Å². The predicted molar refractivity (Wildman–Crippen MR) is 71.6 cm³/mol. The van der Waals surface area contributed by atoms with Crippen molar-refractivity contribution in [2.75, 3.05) is 26.3 Å². The Labute approximate surface area is 113 Å².